The average molecular weight is 415 g/mol. The van der Waals surface area contributed by atoms with Gasteiger partial charge < -0.3 is 14.5 Å². The van der Waals surface area contributed by atoms with E-state index in [0.717, 1.165) is 16.3 Å². The molecular weight excluding hydrogens is 388 g/mol. The van der Waals surface area contributed by atoms with Gasteiger partial charge in [-0.05, 0) is 44.2 Å². The third kappa shape index (κ3) is 5.00. The predicted molar refractivity (Wildman–Crippen MR) is 110 cm³/mol. The highest BCUT2D eigenvalue weighted by Crippen LogP contribution is 2.29. The molecule has 1 atom stereocenters. The van der Waals surface area contributed by atoms with Gasteiger partial charge in [0.05, 0.1) is 16.8 Å². The van der Waals surface area contributed by atoms with Crippen molar-refractivity contribution in [1.29, 1.82) is 0 Å². The maximum absolute atomic E-state index is 13.2. The number of hydrogen-bond acceptors (Lipinski definition) is 6. The Morgan fingerprint density at radius 1 is 1.31 bits per heavy atom. The molecule has 0 aromatic carbocycles. The molecule has 1 aliphatic carbocycles. The van der Waals surface area contributed by atoms with Gasteiger partial charge in [-0.25, -0.2) is 4.98 Å². The zero-order chi connectivity index (χ0) is 20.4. The topological polar surface area (TPSA) is 75.6 Å². The SMILES string of the molecule is Cc1nc(C)c(C(=O)N2CC(=O)N(Cc3cccnc3)C[C@@H](OCC3CC3)C2)s1. The number of carbonyl (C=O) groups is 2. The van der Waals surface area contributed by atoms with Gasteiger partial charge in [-0.2, -0.15) is 0 Å². The maximum atomic E-state index is 13.2. The van der Waals surface area contributed by atoms with Gasteiger partial charge >= 0.3 is 0 Å². The number of aromatic nitrogens is 2. The summed E-state index contributed by atoms with van der Waals surface area (Å²) in [6.45, 7) is 5.84. The van der Waals surface area contributed by atoms with Gasteiger partial charge in [-0.3, -0.25) is 14.6 Å². The number of hydrogen-bond donors (Lipinski definition) is 0. The first kappa shape index (κ1) is 20.0. The van der Waals surface area contributed by atoms with E-state index in [1.807, 2.05) is 26.0 Å². The van der Waals surface area contributed by atoms with Crippen molar-refractivity contribution in [1.82, 2.24) is 19.8 Å². The third-order valence-corrected chi connectivity index (χ3v) is 6.33. The zero-order valence-corrected chi connectivity index (χ0v) is 17.7. The lowest BCUT2D eigenvalue weighted by Crippen LogP contribution is -2.39. The molecule has 2 aliphatic rings. The zero-order valence-electron chi connectivity index (χ0n) is 16.8. The minimum absolute atomic E-state index is 0.0543. The molecule has 1 saturated carbocycles. The normalized spacial score (nSPS) is 20.1. The standard InChI is InChI=1S/C21H26N4O3S/c1-14-20(29-15(2)23-14)21(27)25-11-18(28-13-16-5-6-16)10-24(19(26)12-25)9-17-4-3-7-22-8-17/h3-4,7-8,16,18H,5-6,9-13H2,1-2H3/t18-/m1/s1. The molecule has 2 fully saturated rings. The van der Waals surface area contributed by atoms with Gasteiger partial charge in [0.2, 0.25) is 5.91 Å². The number of thiazole rings is 1. The highest BCUT2D eigenvalue weighted by atomic mass is 32.1. The molecule has 3 heterocycles. The van der Waals surface area contributed by atoms with Crippen molar-refractivity contribution in [2.24, 2.45) is 5.92 Å². The summed E-state index contributed by atoms with van der Waals surface area (Å²) in [6.07, 6.45) is 5.69. The second-order valence-electron chi connectivity index (χ2n) is 7.87. The van der Waals surface area contributed by atoms with E-state index >= 15 is 0 Å². The van der Waals surface area contributed by atoms with Crippen LogP contribution >= 0.6 is 11.3 Å². The van der Waals surface area contributed by atoms with Crippen LogP contribution in [0.2, 0.25) is 0 Å². The first-order valence-electron chi connectivity index (χ1n) is 10.0. The number of pyridine rings is 1. The summed E-state index contributed by atoms with van der Waals surface area (Å²) in [4.78, 5) is 38.7. The van der Waals surface area contributed by atoms with Gasteiger partial charge in [-0.15, -0.1) is 11.3 Å². The summed E-state index contributed by atoms with van der Waals surface area (Å²) in [5.74, 6) is 0.416. The summed E-state index contributed by atoms with van der Waals surface area (Å²) in [5, 5.41) is 0.853. The Kier molecular flexibility index (Phi) is 5.91. The molecule has 1 saturated heterocycles. The van der Waals surface area contributed by atoms with Gasteiger partial charge in [0.15, 0.2) is 0 Å². The van der Waals surface area contributed by atoms with Gasteiger partial charge in [0.25, 0.3) is 5.91 Å². The first-order valence-corrected chi connectivity index (χ1v) is 10.8. The molecule has 0 bridgehead atoms. The average Bonchev–Trinajstić information content (AvgIpc) is 3.48. The summed E-state index contributed by atoms with van der Waals surface area (Å²) >= 11 is 1.38. The molecular formula is C21H26N4O3S. The Morgan fingerprint density at radius 3 is 2.79 bits per heavy atom. The van der Waals surface area contributed by atoms with Crippen molar-refractivity contribution >= 4 is 23.2 Å². The van der Waals surface area contributed by atoms with E-state index in [9.17, 15) is 9.59 Å². The smallest absolute Gasteiger partial charge is 0.266 e. The minimum Gasteiger partial charge on any atom is -0.374 e. The molecule has 1 aliphatic heterocycles. The fourth-order valence-electron chi connectivity index (χ4n) is 3.53. The van der Waals surface area contributed by atoms with Crippen molar-refractivity contribution in [3.8, 4) is 0 Å². The molecule has 0 unspecified atom stereocenters. The van der Waals surface area contributed by atoms with E-state index < -0.39 is 0 Å². The van der Waals surface area contributed by atoms with Crippen LogP contribution in [0.15, 0.2) is 24.5 Å². The van der Waals surface area contributed by atoms with Crippen molar-refractivity contribution in [2.75, 3.05) is 26.2 Å². The lowest BCUT2D eigenvalue weighted by molar-refractivity contribution is -0.132. The molecule has 0 spiro atoms. The van der Waals surface area contributed by atoms with Crippen LogP contribution in [0.1, 0.15) is 38.8 Å². The van der Waals surface area contributed by atoms with Crippen LogP contribution in [0.3, 0.4) is 0 Å². The Balaban J connectivity index is 1.52. The lowest BCUT2D eigenvalue weighted by Gasteiger charge is -2.24. The van der Waals surface area contributed by atoms with Crippen LogP contribution in [0.4, 0.5) is 0 Å². The molecule has 154 valence electrons. The summed E-state index contributed by atoms with van der Waals surface area (Å²) in [7, 11) is 0. The van der Waals surface area contributed by atoms with Crippen molar-refractivity contribution < 1.29 is 14.3 Å². The highest BCUT2D eigenvalue weighted by Gasteiger charge is 2.33. The van der Waals surface area contributed by atoms with E-state index in [-0.39, 0.29) is 24.5 Å². The minimum atomic E-state index is -0.197. The van der Waals surface area contributed by atoms with Crippen molar-refractivity contribution in [2.45, 2.75) is 39.3 Å². The van der Waals surface area contributed by atoms with E-state index in [4.69, 9.17) is 4.74 Å². The number of nitrogens with zero attached hydrogens (tertiary/aromatic N) is 4. The molecule has 8 heteroatoms. The fraction of sp³-hybridized carbons (Fsp3) is 0.524. The summed E-state index contributed by atoms with van der Waals surface area (Å²) in [6, 6.07) is 3.82. The van der Waals surface area contributed by atoms with E-state index in [1.54, 1.807) is 22.2 Å². The molecule has 29 heavy (non-hydrogen) atoms. The van der Waals surface area contributed by atoms with Crippen LogP contribution in [-0.2, 0) is 16.1 Å². The predicted octanol–water partition coefficient (Wildman–Crippen LogP) is 2.43. The quantitative estimate of drug-likeness (QED) is 0.726. The van der Waals surface area contributed by atoms with Crippen LogP contribution in [0, 0.1) is 19.8 Å². The van der Waals surface area contributed by atoms with Crippen molar-refractivity contribution in [3.05, 3.63) is 45.7 Å². The van der Waals surface area contributed by atoms with Crippen molar-refractivity contribution in [3.63, 3.8) is 0 Å². The second kappa shape index (κ2) is 8.59. The molecule has 4 rings (SSSR count). The van der Waals surface area contributed by atoms with Crippen LogP contribution in [0.25, 0.3) is 0 Å². The summed E-state index contributed by atoms with van der Waals surface area (Å²) in [5.41, 5.74) is 1.69. The highest BCUT2D eigenvalue weighted by molar-refractivity contribution is 7.13. The molecule has 2 aromatic rings. The number of ether oxygens (including phenoxy) is 1. The molecule has 0 N–H and O–H groups in total. The maximum Gasteiger partial charge on any atom is 0.266 e. The number of carbonyl (C=O) groups excluding carboxylic acids is 2. The Bertz CT molecular complexity index is 881. The second-order valence-corrected chi connectivity index (χ2v) is 9.07. The largest absolute Gasteiger partial charge is 0.374 e. The number of amides is 2. The van der Waals surface area contributed by atoms with Crippen LogP contribution in [-0.4, -0.2) is 63.9 Å². The van der Waals surface area contributed by atoms with Gasteiger partial charge in [-0.1, -0.05) is 6.07 Å². The van der Waals surface area contributed by atoms with Crippen LogP contribution in [0.5, 0.6) is 0 Å². The molecule has 0 radical (unpaired) electrons. The van der Waals surface area contributed by atoms with Gasteiger partial charge in [0, 0.05) is 38.6 Å². The van der Waals surface area contributed by atoms with Gasteiger partial charge in [0.1, 0.15) is 11.4 Å². The Hall–Kier alpha value is -2.32. The summed E-state index contributed by atoms with van der Waals surface area (Å²) < 4.78 is 6.14. The van der Waals surface area contributed by atoms with E-state index in [2.05, 4.69) is 9.97 Å². The lowest BCUT2D eigenvalue weighted by atomic mass is 10.2. The fourth-order valence-corrected chi connectivity index (χ4v) is 4.42. The Labute approximate surface area is 174 Å². The first-order chi connectivity index (χ1) is 14.0. The van der Waals surface area contributed by atoms with Crippen LogP contribution < -0.4 is 0 Å². The molecule has 2 amide bonds. The molecule has 7 nitrogen and oxygen atoms in total. The van der Waals surface area contributed by atoms with E-state index in [1.165, 1.54) is 24.2 Å². The third-order valence-electron chi connectivity index (χ3n) is 5.27. The van der Waals surface area contributed by atoms with E-state index in [0.29, 0.717) is 37.0 Å². The monoisotopic (exact) mass is 414 g/mol. The Morgan fingerprint density at radius 2 is 2.14 bits per heavy atom. The molecule has 2 aromatic heterocycles. The number of rotatable bonds is 6. The number of aryl methyl sites for hydroxylation is 2.